The third-order valence-corrected chi connectivity index (χ3v) is 3.20. The maximum atomic E-state index is 5.82. The highest BCUT2D eigenvalue weighted by molar-refractivity contribution is 5.55. The van der Waals surface area contributed by atoms with Crippen molar-refractivity contribution in [2.75, 3.05) is 11.1 Å². The van der Waals surface area contributed by atoms with Crippen LogP contribution >= 0.6 is 0 Å². The molecule has 2 rings (SSSR count). The van der Waals surface area contributed by atoms with Crippen LogP contribution in [0, 0.1) is 19.8 Å². The summed E-state index contributed by atoms with van der Waals surface area (Å²) in [7, 11) is 0. The molecule has 0 saturated heterocycles. The lowest BCUT2D eigenvalue weighted by Gasteiger charge is -2.10. The summed E-state index contributed by atoms with van der Waals surface area (Å²) < 4.78 is 0. The van der Waals surface area contributed by atoms with Crippen molar-refractivity contribution in [2.45, 2.75) is 46.1 Å². The van der Waals surface area contributed by atoms with E-state index in [1.807, 2.05) is 13.8 Å². The lowest BCUT2D eigenvalue weighted by molar-refractivity contribution is 0.692. The fourth-order valence-corrected chi connectivity index (χ4v) is 2.08. The molecular formula is C12H20N4. The van der Waals surface area contributed by atoms with Crippen LogP contribution in [0.4, 0.5) is 11.6 Å². The molecule has 0 spiro atoms. The molecule has 0 bridgehead atoms. The summed E-state index contributed by atoms with van der Waals surface area (Å²) >= 11 is 0. The molecule has 16 heavy (non-hydrogen) atoms. The largest absolute Gasteiger partial charge is 0.383 e. The lowest BCUT2D eigenvalue weighted by Crippen LogP contribution is -2.11. The van der Waals surface area contributed by atoms with Crippen LogP contribution in [0.5, 0.6) is 0 Å². The summed E-state index contributed by atoms with van der Waals surface area (Å²) in [4.78, 5) is 8.55. The molecule has 0 aliphatic heterocycles. The number of nitrogens with zero attached hydrogens (tertiary/aromatic N) is 2. The van der Waals surface area contributed by atoms with Crippen molar-refractivity contribution in [3.05, 3.63) is 11.4 Å². The summed E-state index contributed by atoms with van der Waals surface area (Å²) in [5.41, 5.74) is 6.79. The molecular weight excluding hydrogens is 200 g/mol. The van der Waals surface area contributed by atoms with E-state index in [-0.39, 0.29) is 0 Å². The molecule has 1 aliphatic carbocycles. The molecule has 1 heterocycles. The number of nitrogen functional groups attached to an aromatic ring is 1. The van der Waals surface area contributed by atoms with Crippen LogP contribution in [0.25, 0.3) is 0 Å². The van der Waals surface area contributed by atoms with Gasteiger partial charge in [-0.05, 0) is 32.6 Å². The first-order valence-electron chi connectivity index (χ1n) is 5.99. The Hall–Kier alpha value is -1.32. The van der Waals surface area contributed by atoms with Crippen molar-refractivity contribution < 1.29 is 0 Å². The van der Waals surface area contributed by atoms with Crippen molar-refractivity contribution >= 4 is 11.6 Å². The molecule has 0 radical (unpaired) electrons. The van der Waals surface area contributed by atoms with E-state index in [4.69, 9.17) is 5.73 Å². The third kappa shape index (κ3) is 2.26. The minimum absolute atomic E-state index is 0.586. The van der Waals surface area contributed by atoms with Gasteiger partial charge < -0.3 is 11.1 Å². The number of aryl methyl sites for hydroxylation is 1. The van der Waals surface area contributed by atoms with E-state index in [2.05, 4.69) is 22.2 Å². The molecule has 4 heteroatoms. The zero-order chi connectivity index (χ0) is 11.7. The number of rotatable bonds is 4. The molecule has 1 aromatic rings. The fraction of sp³-hybridized carbons (Fsp3) is 0.667. The van der Waals surface area contributed by atoms with Crippen LogP contribution in [0.3, 0.4) is 0 Å². The van der Waals surface area contributed by atoms with E-state index in [0.717, 1.165) is 23.1 Å². The molecule has 1 aromatic heterocycles. The molecule has 0 amide bonds. The molecule has 1 aliphatic rings. The van der Waals surface area contributed by atoms with E-state index >= 15 is 0 Å². The van der Waals surface area contributed by atoms with Crippen LogP contribution in [0.1, 0.15) is 37.6 Å². The number of anilines is 2. The first kappa shape index (κ1) is 11.2. The predicted molar refractivity (Wildman–Crippen MR) is 66.3 cm³/mol. The molecule has 0 aromatic carbocycles. The van der Waals surface area contributed by atoms with Crippen LogP contribution in [0.15, 0.2) is 0 Å². The van der Waals surface area contributed by atoms with Crippen molar-refractivity contribution in [3.63, 3.8) is 0 Å². The topological polar surface area (TPSA) is 63.8 Å². The highest BCUT2D eigenvalue weighted by atomic mass is 15.1. The van der Waals surface area contributed by atoms with Gasteiger partial charge in [-0.25, -0.2) is 9.97 Å². The number of hydrogen-bond acceptors (Lipinski definition) is 4. The average molecular weight is 220 g/mol. The van der Waals surface area contributed by atoms with Gasteiger partial charge in [0.1, 0.15) is 17.5 Å². The zero-order valence-electron chi connectivity index (χ0n) is 10.2. The summed E-state index contributed by atoms with van der Waals surface area (Å²) in [6.45, 7) is 6.07. The lowest BCUT2D eigenvalue weighted by atomic mass is 10.2. The van der Waals surface area contributed by atoms with Crippen molar-refractivity contribution in [1.82, 2.24) is 9.97 Å². The van der Waals surface area contributed by atoms with Gasteiger partial charge in [0, 0.05) is 11.6 Å². The Labute approximate surface area is 96.7 Å². The van der Waals surface area contributed by atoms with Gasteiger partial charge in [-0.2, -0.15) is 0 Å². The molecule has 1 saturated carbocycles. The smallest absolute Gasteiger partial charge is 0.134 e. The van der Waals surface area contributed by atoms with E-state index in [9.17, 15) is 0 Å². The van der Waals surface area contributed by atoms with E-state index in [1.165, 1.54) is 19.3 Å². The van der Waals surface area contributed by atoms with Crippen molar-refractivity contribution in [2.24, 2.45) is 5.92 Å². The molecule has 2 atom stereocenters. The number of nitrogens with one attached hydrogen (secondary N) is 1. The Morgan fingerprint density at radius 2 is 2.12 bits per heavy atom. The van der Waals surface area contributed by atoms with Gasteiger partial charge in [-0.15, -0.1) is 0 Å². The van der Waals surface area contributed by atoms with Gasteiger partial charge in [-0.1, -0.05) is 13.3 Å². The van der Waals surface area contributed by atoms with Crippen molar-refractivity contribution in [3.8, 4) is 0 Å². The highest BCUT2D eigenvalue weighted by Gasteiger charge is 2.36. The SMILES string of the molecule is CCCC1CC1Nc1nc(C)nc(N)c1C. The average Bonchev–Trinajstić information content (AvgIpc) is 2.93. The standard InChI is InChI=1S/C12H20N4/c1-4-5-9-6-10(9)16-12-7(2)11(13)14-8(3)15-12/h9-10H,4-6H2,1-3H3,(H3,13,14,15,16). The summed E-state index contributed by atoms with van der Waals surface area (Å²) in [6, 6.07) is 0.590. The van der Waals surface area contributed by atoms with Gasteiger partial charge >= 0.3 is 0 Å². The predicted octanol–water partition coefficient (Wildman–Crippen LogP) is 2.28. The van der Waals surface area contributed by atoms with Gasteiger partial charge in [-0.3, -0.25) is 0 Å². The quantitative estimate of drug-likeness (QED) is 0.817. The first-order valence-corrected chi connectivity index (χ1v) is 5.99. The summed E-state index contributed by atoms with van der Waals surface area (Å²) in [5, 5.41) is 3.47. The normalized spacial score (nSPS) is 23.2. The number of nitrogens with two attached hydrogens (primary N) is 1. The van der Waals surface area contributed by atoms with Crippen LogP contribution in [0.2, 0.25) is 0 Å². The van der Waals surface area contributed by atoms with E-state index in [0.29, 0.717) is 11.9 Å². The van der Waals surface area contributed by atoms with Gasteiger partial charge in [0.2, 0.25) is 0 Å². The molecule has 3 N–H and O–H groups in total. The highest BCUT2D eigenvalue weighted by Crippen LogP contribution is 2.37. The van der Waals surface area contributed by atoms with E-state index < -0.39 is 0 Å². The maximum Gasteiger partial charge on any atom is 0.134 e. The summed E-state index contributed by atoms with van der Waals surface area (Å²) in [6.07, 6.45) is 3.82. The second-order valence-electron chi connectivity index (χ2n) is 4.66. The molecule has 88 valence electrons. The minimum atomic E-state index is 0.586. The molecule has 4 nitrogen and oxygen atoms in total. The summed E-state index contributed by atoms with van der Waals surface area (Å²) in [5.74, 6) is 3.05. The Balaban J connectivity index is 2.05. The van der Waals surface area contributed by atoms with Crippen LogP contribution in [-0.2, 0) is 0 Å². The second-order valence-corrected chi connectivity index (χ2v) is 4.66. The maximum absolute atomic E-state index is 5.82. The number of aromatic nitrogens is 2. The minimum Gasteiger partial charge on any atom is -0.383 e. The fourth-order valence-electron chi connectivity index (χ4n) is 2.08. The third-order valence-electron chi connectivity index (χ3n) is 3.20. The van der Waals surface area contributed by atoms with Gasteiger partial charge in [0.05, 0.1) is 0 Å². The van der Waals surface area contributed by atoms with Gasteiger partial charge in [0.15, 0.2) is 0 Å². The Morgan fingerprint density at radius 1 is 1.38 bits per heavy atom. The van der Waals surface area contributed by atoms with Crippen LogP contribution < -0.4 is 11.1 Å². The zero-order valence-corrected chi connectivity index (χ0v) is 10.2. The van der Waals surface area contributed by atoms with Crippen LogP contribution in [-0.4, -0.2) is 16.0 Å². The molecule has 1 fully saturated rings. The Bertz CT molecular complexity index is 389. The van der Waals surface area contributed by atoms with Crippen molar-refractivity contribution in [1.29, 1.82) is 0 Å². The first-order chi connectivity index (χ1) is 7.61. The molecule has 2 unspecified atom stereocenters. The Kier molecular flexibility index (Phi) is 2.99. The monoisotopic (exact) mass is 220 g/mol. The van der Waals surface area contributed by atoms with E-state index in [1.54, 1.807) is 0 Å². The second kappa shape index (κ2) is 4.28. The number of hydrogen-bond donors (Lipinski definition) is 2. The Morgan fingerprint density at radius 3 is 2.81 bits per heavy atom. The van der Waals surface area contributed by atoms with Gasteiger partial charge in [0.25, 0.3) is 0 Å².